The van der Waals surface area contributed by atoms with E-state index in [9.17, 15) is 4.79 Å². The van der Waals surface area contributed by atoms with Crippen molar-refractivity contribution in [1.82, 2.24) is 9.88 Å². The second-order valence-electron chi connectivity index (χ2n) is 4.35. The lowest BCUT2D eigenvalue weighted by Gasteiger charge is -2.20. The van der Waals surface area contributed by atoms with Crippen molar-refractivity contribution in [3.63, 3.8) is 0 Å². The molecular formula is C11H17N3O. The van der Waals surface area contributed by atoms with Crippen LogP contribution < -0.4 is 5.73 Å². The first-order chi connectivity index (χ1) is 7.12. The summed E-state index contributed by atoms with van der Waals surface area (Å²) in [5.74, 6) is 0.0815. The Bertz CT molecular complexity index is 341. The van der Waals surface area contributed by atoms with Crippen LogP contribution in [0.15, 0.2) is 18.5 Å². The summed E-state index contributed by atoms with van der Waals surface area (Å²) >= 11 is 0. The van der Waals surface area contributed by atoms with E-state index in [2.05, 4.69) is 4.98 Å². The fraction of sp³-hybridized carbons (Fsp3) is 0.545. The van der Waals surface area contributed by atoms with Gasteiger partial charge in [-0.1, -0.05) is 0 Å². The first-order valence-corrected chi connectivity index (χ1v) is 5.28. The zero-order valence-corrected chi connectivity index (χ0v) is 8.99. The van der Waals surface area contributed by atoms with Crippen LogP contribution in [0.1, 0.15) is 18.4 Å². The number of nitrogens with zero attached hydrogens (tertiary/aromatic N) is 1. The van der Waals surface area contributed by atoms with Gasteiger partial charge in [0.1, 0.15) is 0 Å². The van der Waals surface area contributed by atoms with Gasteiger partial charge in [-0.3, -0.25) is 4.79 Å². The molecular weight excluding hydrogens is 190 g/mol. The minimum Gasteiger partial charge on any atom is -0.367 e. The van der Waals surface area contributed by atoms with Crippen LogP contribution in [0.4, 0.5) is 0 Å². The predicted octanol–water partition coefficient (Wildman–Crippen LogP) is 0.507. The van der Waals surface area contributed by atoms with Gasteiger partial charge < -0.3 is 15.6 Å². The first-order valence-electron chi connectivity index (χ1n) is 5.28. The lowest BCUT2D eigenvalue weighted by Crippen LogP contribution is -2.44. The number of carbonyl (C=O) groups is 1. The van der Waals surface area contributed by atoms with Gasteiger partial charge in [0.25, 0.3) is 0 Å². The molecule has 2 rings (SSSR count). The maximum atomic E-state index is 11.8. The van der Waals surface area contributed by atoms with Crippen LogP contribution >= 0.6 is 0 Å². The van der Waals surface area contributed by atoms with E-state index < -0.39 is 5.54 Å². The molecule has 1 amide bonds. The number of amides is 1. The van der Waals surface area contributed by atoms with E-state index in [-0.39, 0.29) is 5.91 Å². The third-order valence-electron chi connectivity index (χ3n) is 2.96. The number of rotatable bonds is 4. The maximum Gasteiger partial charge on any atom is 0.242 e. The molecule has 0 unspecified atom stereocenters. The largest absolute Gasteiger partial charge is 0.367 e. The molecule has 0 spiro atoms. The molecule has 0 aliphatic heterocycles. The third-order valence-corrected chi connectivity index (χ3v) is 2.96. The van der Waals surface area contributed by atoms with Gasteiger partial charge in [-0.25, -0.2) is 0 Å². The smallest absolute Gasteiger partial charge is 0.242 e. The summed E-state index contributed by atoms with van der Waals surface area (Å²) in [5, 5.41) is 0. The molecule has 0 saturated heterocycles. The Morgan fingerprint density at radius 1 is 1.67 bits per heavy atom. The molecule has 1 fully saturated rings. The zero-order chi connectivity index (χ0) is 10.9. The molecule has 0 atom stereocenters. The van der Waals surface area contributed by atoms with Gasteiger partial charge in [0, 0.05) is 26.0 Å². The van der Waals surface area contributed by atoms with Gasteiger partial charge in [-0.05, 0) is 30.9 Å². The standard InChI is InChI=1S/C11H17N3O/c1-14(10(15)11(12)4-5-11)7-3-9-2-6-13-8-9/h2,6,8,13H,3-5,7,12H2,1H3. The fourth-order valence-electron chi connectivity index (χ4n) is 1.64. The number of nitrogens with two attached hydrogens (primary N) is 1. The molecule has 15 heavy (non-hydrogen) atoms. The maximum absolute atomic E-state index is 11.8. The van der Waals surface area contributed by atoms with E-state index in [0.29, 0.717) is 0 Å². The average Bonchev–Trinajstić information content (AvgIpc) is 2.80. The van der Waals surface area contributed by atoms with Gasteiger partial charge in [0.2, 0.25) is 5.91 Å². The number of aromatic amines is 1. The molecule has 82 valence electrons. The van der Waals surface area contributed by atoms with E-state index in [1.807, 2.05) is 25.5 Å². The van der Waals surface area contributed by atoms with Crippen molar-refractivity contribution in [3.8, 4) is 0 Å². The second-order valence-corrected chi connectivity index (χ2v) is 4.35. The number of H-pyrrole nitrogens is 1. The molecule has 4 nitrogen and oxygen atoms in total. The molecule has 4 heteroatoms. The van der Waals surface area contributed by atoms with Crippen molar-refractivity contribution < 1.29 is 4.79 Å². The lowest BCUT2D eigenvalue weighted by molar-refractivity contribution is -0.132. The molecule has 0 aromatic carbocycles. The van der Waals surface area contributed by atoms with Crippen molar-refractivity contribution >= 4 is 5.91 Å². The number of hydrogen-bond donors (Lipinski definition) is 2. The molecule has 1 aliphatic rings. The highest BCUT2D eigenvalue weighted by Gasteiger charge is 2.47. The van der Waals surface area contributed by atoms with Crippen LogP contribution in [0.2, 0.25) is 0 Å². The van der Waals surface area contributed by atoms with Gasteiger partial charge in [0.15, 0.2) is 0 Å². The number of aromatic nitrogens is 1. The number of hydrogen-bond acceptors (Lipinski definition) is 2. The Balaban J connectivity index is 1.82. The Morgan fingerprint density at radius 3 is 2.93 bits per heavy atom. The highest BCUT2D eigenvalue weighted by molar-refractivity contribution is 5.88. The summed E-state index contributed by atoms with van der Waals surface area (Å²) in [7, 11) is 1.82. The monoisotopic (exact) mass is 207 g/mol. The van der Waals surface area contributed by atoms with Gasteiger partial charge >= 0.3 is 0 Å². The van der Waals surface area contributed by atoms with Crippen molar-refractivity contribution in [2.75, 3.05) is 13.6 Å². The zero-order valence-electron chi connectivity index (χ0n) is 8.99. The van der Waals surface area contributed by atoms with Crippen LogP contribution in [-0.2, 0) is 11.2 Å². The summed E-state index contributed by atoms with van der Waals surface area (Å²) in [4.78, 5) is 16.5. The Hall–Kier alpha value is -1.29. The summed E-state index contributed by atoms with van der Waals surface area (Å²) in [6, 6.07) is 2.02. The highest BCUT2D eigenvalue weighted by Crippen LogP contribution is 2.33. The Kier molecular flexibility index (Phi) is 2.52. The Labute approximate surface area is 89.5 Å². The quantitative estimate of drug-likeness (QED) is 0.755. The van der Waals surface area contributed by atoms with Crippen LogP contribution in [0.5, 0.6) is 0 Å². The van der Waals surface area contributed by atoms with Gasteiger partial charge in [-0.15, -0.1) is 0 Å². The minimum atomic E-state index is -0.535. The Morgan fingerprint density at radius 2 is 2.40 bits per heavy atom. The number of carbonyl (C=O) groups excluding carboxylic acids is 1. The molecule has 1 saturated carbocycles. The van der Waals surface area contributed by atoms with Crippen LogP contribution in [-0.4, -0.2) is 34.9 Å². The summed E-state index contributed by atoms with van der Waals surface area (Å²) in [6.45, 7) is 0.732. The van der Waals surface area contributed by atoms with Crippen LogP contribution in [0.25, 0.3) is 0 Å². The van der Waals surface area contributed by atoms with E-state index in [1.165, 1.54) is 5.56 Å². The molecule has 1 heterocycles. The van der Waals surface area contributed by atoms with Crippen LogP contribution in [0, 0.1) is 0 Å². The van der Waals surface area contributed by atoms with Crippen molar-refractivity contribution in [2.45, 2.75) is 24.8 Å². The van der Waals surface area contributed by atoms with Crippen LogP contribution in [0.3, 0.4) is 0 Å². The van der Waals surface area contributed by atoms with Crippen molar-refractivity contribution in [1.29, 1.82) is 0 Å². The topological polar surface area (TPSA) is 62.1 Å². The molecule has 0 bridgehead atoms. The van der Waals surface area contributed by atoms with Crippen molar-refractivity contribution in [3.05, 3.63) is 24.0 Å². The van der Waals surface area contributed by atoms with E-state index >= 15 is 0 Å². The number of likely N-dealkylation sites (N-methyl/N-ethyl adjacent to an activating group) is 1. The molecule has 1 aliphatic carbocycles. The summed E-state index contributed by atoms with van der Waals surface area (Å²) in [5.41, 5.74) is 6.53. The SMILES string of the molecule is CN(CCc1cc[nH]c1)C(=O)C1(N)CC1. The van der Waals surface area contributed by atoms with Gasteiger partial charge in [0.05, 0.1) is 5.54 Å². The predicted molar refractivity (Wildman–Crippen MR) is 58.3 cm³/mol. The molecule has 3 N–H and O–H groups in total. The highest BCUT2D eigenvalue weighted by atomic mass is 16.2. The molecule has 1 aromatic heterocycles. The fourth-order valence-corrected chi connectivity index (χ4v) is 1.64. The van der Waals surface area contributed by atoms with Gasteiger partial charge in [-0.2, -0.15) is 0 Å². The third kappa shape index (κ3) is 2.21. The molecule has 1 aromatic rings. The second kappa shape index (κ2) is 3.70. The summed E-state index contributed by atoms with van der Waals surface area (Å²) in [6.07, 6.45) is 6.39. The molecule has 0 radical (unpaired) electrons. The van der Waals surface area contributed by atoms with E-state index in [1.54, 1.807) is 4.90 Å². The van der Waals surface area contributed by atoms with E-state index in [0.717, 1.165) is 25.8 Å². The normalized spacial score (nSPS) is 17.5. The van der Waals surface area contributed by atoms with E-state index in [4.69, 9.17) is 5.73 Å². The lowest BCUT2D eigenvalue weighted by atomic mass is 10.2. The average molecular weight is 207 g/mol. The minimum absolute atomic E-state index is 0.0815. The summed E-state index contributed by atoms with van der Waals surface area (Å²) < 4.78 is 0. The number of nitrogens with one attached hydrogen (secondary N) is 1. The first kappa shape index (κ1) is 10.2. The van der Waals surface area contributed by atoms with Crippen molar-refractivity contribution in [2.24, 2.45) is 5.73 Å².